The van der Waals surface area contributed by atoms with Gasteiger partial charge in [0.15, 0.2) is 5.78 Å². The summed E-state index contributed by atoms with van der Waals surface area (Å²) in [5.74, 6) is -0.630. The summed E-state index contributed by atoms with van der Waals surface area (Å²) < 4.78 is 12.9. The van der Waals surface area contributed by atoms with Crippen molar-refractivity contribution in [1.29, 1.82) is 0 Å². The first kappa shape index (κ1) is 15.0. The largest absolute Gasteiger partial charge is 0.356 e. The Hall–Kier alpha value is -2.43. The van der Waals surface area contributed by atoms with E-state index >= 15 is 0 Å². The Morgan fingerprint density at radius 1 is 1.24 bits per heavy atom. The predicted octanol–water partition coefficient (Wildman–Crippen LogP) is 3.19. The van der Waals surface area contributed by atoms with E-state index in [1.165, 1.54) is 25.3 Å². The Labute approximate surface area is 122 Å². The van der Waals surface area contributed by atoms with E-state index in [9.17, 15) is 14.0 Å². The average Bonchev–Trinajstić information content (AvgIpc) is 2.96. The molecule has 2 rings (SSSR count). The van der Waals surface area contributed by atoms with Crippen molar-refractivity contribution in [2.24, 2.45) is 0 Å². The van der Waals surface area contributed by atoms with Gasteiger partial charge in [0.05, 0.1) is 6.04 Å². The lowest BCUT2D eigenvalue weighted by Crippen LogP contribution is -2.29. The molecule has 5 heteroatoms. The maximum absolute atomic E-state index is 12.9. The third-order valence-electron chi connectivity index (χ3n) is 3.57. The lowest BCUT2D eigenvalue weighted by molar-refractivity contribution is 0.0737. The summed E-state index contributed by atoms with van der Waals surface area (Å²) in [6, 6.07) is 7.37. The number of Topliss-reactive ketones (excluding diaryl/α,β-unsaturated/α-hetero) is 1. The van der Waals surface area contributed by atoms with Gasteiger partial charge in [-0.05, 0) is 37.6 Å². The van der Waals surface area contributed by atoms with Crippen LogP contribution in [0.4, 0.5) is 4.39 Å². The number of rotatable bonds is 4. The van der Waals surface area contributed by atoms with E-state index in [0.717, 1.165) is 5.56 Å². The van der Waals surface area contributed by atoms with Crippen molar-refractivity contribution in [1.82, 2.24) is 9.88 Å². The highest BCUT2D eigenvalue weighted by atomic mass is 19.1. The van der Waals surface area contributed by atoms with Gasteiger partial charge in [-0.1, -0.05) is 12.1 Å². The summed E-state index contributed by atoms with van der Waals surface area (Å²) in [5, 5.41) is 0. The molecule has 4 nitrogen and oxygen atoms in total. The number of ketones is 1. The molecule has 1 amide bonds. The third kappa shape index (κ3) is 3.18. The van der Waals surface area contributed by atoms with Crippen LogP contribution in [0.5, 0.6) is 0 Å². The fraction of sp³-hybridized carbons (Fsp3) is 0.250. The molecular weight excluding hydrogens is 271 g/mol. The number of carbonyl (C=O) groups excluding carboxylic acids is 2. The molecule has 0 aliphatic rings. The van der Waals surface area contributed by atoms with Gasteiger partial charge in [-0.15, -0.1) is 0 Å². The zero-order chi connectivity index (χ0) is 15.6. The molecule has 0 saturated heterocycles. The molecule has 1 aromatic carbocycles. The van der Waals surface area contributed by atoms with E-state index < -0.39 is 0 Å². The number of hydrogen-bond acceptors (Lipinski definition) is 2. The second-order valence-corrected chi connectivity index (χ2v) is 5.00. The zero-order valence-corrected chi connectivity index (χ0v) is 12.2. The molecule has 21 heavy (non-hydrogen) atoms. The SMILES string of the molecule is CC(=O)c1c[nH]c(C(=O)N(C)[C@@H](C)c2ccc(F)cc2)c1. The Bertz CT molecular complexity index is 661. The molecule has 0 spiro atoms. The van der Waals surface area contributed by atoms with E-state index in [0.29, 0.717) is 11.3 Å². The minimum atomic E-state index is -0.310. The van der Waals surface area contributed by atoms with Crippen LogP contribution >= 0.6 is 0 Å². The number of aromatic amines is 1. The summed E-state index contributed by atoms with van der Waals surface area (Å²) in [4.78, 5) is 28.0. The van der Waals surface area contributed by atoms with Crippen LogP contribution in [0.1, 0.15) is 46.3 Å². The van der Waals surface area contributed by atoms with Crippen LogP contribution in [-0.4, -0.2) is 28.6 Å². The van der Waals surface area contributed by atoms with E-state index in [1.54, 1.807) is 30.1 Å². The van der Waals surface area contributed by atoms with Crippen LogP contribution in [0, 0.1) is 5.82 Å². The number of halogens is 1. The van der Waals surface area contributed by atoms with Crippen molar-refractivity contribution >= 4 is 11.7 Å². The van der Waals surface area contributed by atoms with Crippen molar-refractivity contribution in [2.45, 2.75) is 19.9 Å². The highest BCUT2D eigenvalue weighted by molar-refractivity contribution is 5.99. The van der Waals surface area contributed by atoms with Crippen molar-refractivity contribution < 1.29 is 14.0 Å². The molecule has 1 aromatic heterocycles. The van der Waals surface area contributed by atoms with Gasteiger partial charge in [0, 0.05) is 18.8 Å². The highest BCUT2D eigenvalue weighted by Crippen LogP contribution is 2.21. The van der Waals surface area contributed by atoms with Gasteiger partial charge in [0.25, 0.3) is 5.91 Å². The number of carbonyl (C=O) groups is 2. The molecule has 1 atom stereocenters. The Balaban J connectivity index is 2.17. The molecule has 1 heterocycles. The van der Waals surface area contributed by atoms with E-state index in [-0.39, 0.29) is 23.5 Å². The van der Waals surface area contributed by atoms with E-state index in [2.05, 4.69) is 4.98 Å². The molecule has 0 unspecified atom stereocenters. The van der Waals surface area contributed by atoms with Gasteiger partial charge in [0.1, 0.15) is 11.5 Å². The maximum Gasteiger partial charge on any atom is 0.270 e. The molecule has 0 bridgehead atoms. The Morgan fingerprint density at radius 3 is 2.38 bits per heavy atom. The topological polar surface area (TPSA) is 53.2 Å². The quantitative estimate of drug-likeness (QED) is 0.878. The Kier molecular flexibility index (Phi) is 4.21. The summed E-state index contributed by atoms with van der Waals surface area (Å²) >= 11 is 0. The first-order chi connectivity index (χ1) is 9.90. The first-order valence-electron chi connectivity index (χ1n) is 6.62. The fourth-order valence-electron chi connectivity index (χ4n) is 2.05. The van der Waals surface area contributed by atoms with Crippen molar-refractivity contribution in [3.63, 3.8) is 0 Å². The molecule has 0 aliphatic heterocycles. The molecular formula is C16H17FN2O2. The van der Waals surface area contributed by atoms with Crippen molar-refractivity contribution in [3.8, 4) is 0 Å². The summed E-state index contributed by atoms with van der Waals surface area (Å²) in [6.07, 6.45) is 1.52. The van der Waals surface area contributed by atoms with Gasteiger partial charge in [0.2, 0.25) is 0 Å². The second-order valence-electron chi connectivity index (χ2n) is 5.00. The minimum Gasteiger partial charge on any atom is -0.356 e. The van der Waals surface area contributed by atoms with Gasteiger partial charge in [-0.3, -0.25) is 9.59 Å². The fourth-order valence-corrected chi connectivity index (χ4v) is 2.05. The normalized spacial score (nSPS) is 12.0. The summed E-state index contributed by atoms with van der Waals surface area (Å²) in [5.41, 5.74) is 1.67. The number of nitrogens with zero attached hydrogens (tertiary/aromatic N) is 1. The van der Waals surface area contributed by atoms with Gasteiger partial charge < -0.3 is 9.88 Å². The molecule has 0 radical (unpaired) electrons. The molecule has 0 aliphatic carbocycles. The van der Waals surface area contributed by atoms with Gasteiger partial charge >= 0.3 is 0 Å². The zero-order valence-electron chi connectivity index (χ0n) is 12.2. The lowest BCUT2D eigenvalue weighted by atomic mass is 10.1. The number of hydrogen-bond donors (Lipinski definition) is 1. The molecule has 0 fully saturated rings. The Morgan fingerprint density at radius 2 is 1.86 bits per heavy atom. The number of nitrogens with one attached hydrogen (secondary N) is 1. The number of benzene rings is 1. The van der Waals surface area contributed by atoms with Crippen LogP contribution in [0.15, 0.2) is 36.5 Å². The van der Waals surface area contributed by atoms with Crippen LogP contribution in [0.2, 0.25) is 0 Å². The first-order valence-corrected chi connectivity index (χ1v) is 6.62. The molecule has 110 valence electrons. The summed E-state index contributed by atoms with van der Waals surface area (Å²) in [6.45, 7) is 3.31. The highest BCUT2D eigenvalue weighted by Gasteiger charge is 2.20. The number of amides is 1. The predicted molar refractivity (Wildman–Crippen MR) is 77.7 cm³/mol. The number of aromatic nitrogens is 1. The molecule has 2 aromatic rings. The van der Waals surface area contributed by atoms with Crippen LogP contribution in [0.25, 0.3) is 0 Å². The summed E-state index contributed by atoms with van der Waals surface area (Å²) in [7, 11) is 1.67. The smallest absolute Gasteiger partial charge is 0.270 e. The third-order valence-corrected chi connectivity index (χ3v) is 3.57. The second kappa shape index (κ2) is 5.91. The van der Waals surface area contributed by atoms with Crippen LogP contribution in [-0.2, 0) is 0 Å². The standard InChI is InChI=1S/C16H17FN2O2/c1-10(12-4-6-14(17)7-5-12)19(3)16(21)15-8-13(9-18-15)11(2)20/h4-10,18H,1-3H3/t10-/m0/s1. The van der Waals surface area contributed by atoms with Crippen molar-refractivity contribution in [3.05, 3.63) is 59.2 Å². The van der Waals surface area contributed by atoms with Gasteiger partial charge in [-0.2, -0.15) is 0 Å². The number of H-pyrrole nitrogens is 1. The average molecular weight is 288 g/mol. The van der Waals surface area contributed by atoms with Crippen LogP contribution < -0.4 is 0 Å². The van der Waals surface area contributed by atoms with E-state index in [1.807, 2.05) is 6.92 Å². The minimum absolute atomic E-state index is 0.0977. The maximum atomic E-state index is 12.9. The molecule has 0 saturated carbocycles. The van der Waals surface area contributed by atoms with Crippen LogP contribution in [0.3, 0.4) is 0 Å². The van der Waals surface area contributed by atoms with E-state index in [4.69, 9.17) is 0 Å². The van der Waals surface area contributed by atoms with Crippen molar-refractivity contribution in [2.75, 3.05) is 7.05 Å². The molecule has 1 N–H and O–H groups in total. The monoisotopic (exact) mass is 288 g/mol. The lowest BCUT2D eigenvalue weighted by Gasteiger charge is -2.24. The van der Waals surface area contributed by atoms with Gasteiger partial charge in [-0.25, -0.2) is 4.39 Å².